The number of hydrogen-bond acceptors (Lipinski definition) is 5. The zero-order chi connectivity index (χ0) is 21.4. The summed E-state index contributed by atoms with van der Waals surface area (Å²) >= 11 is 0. The van der Waals surface area contributed by atoms with Gasteiger partial charge in [0.05, 0.1) is 11.1 Å². The van der Waals surface area contributed by atoms with Gasteiger partial charge in [0, 0.05) is 35.9 Å². The number of pyridine rings is 1. The second-order valence-electron chi connectivity index (χ2n) is 7.80. The van der Waals surface area contributed by atoms with Crippen molar-refractivity contribution in [2.24, 2.45) is 0 Å². The van der Waals surface area contributed by atoms with Crippen LogP contribution in [-0.2, 0) is 10.0 Å². The smallest absolute Gasteiger partial charge is 0.264 e. The predicted octanol–water partition coefficient (Wildman–Crippen LogP) is 3.02. The Bertz CT molecular complexity index is 1180. The van der Waals surface area contributed by atoms with Gasteiger partial charge in [0.1, 0.15) is 4.90 Å². The van der Waals surface area contributed by atoms with Crippen molar-refractivity contribution in [3.8, 4) is 0 Å². The molecule has 0 atom stereocenters. The Morgan fingerprint density at radius 1 is 1.07 bits per heavy atom. The molecule has 1 aromatic heterocycles. The van der Waals surface area contributed by atoms with Crippen molar-refractivity contribution < 1.29 is 18.3 Å². The summed E-state index contributed by atoms with van der Waals surface area (Å²) in [7, 11) is -3.84. The number of nitrogens with zero attached hydrogens (tertiary/aromatic N) is 2. The van der Waals surface area contributed by atoms with Crippen LogP contribution in [0.2, 0.25) is 0 Å². The van der Waals surface area contributed by atoms with Crippen molar-refractivity contribution in [3.05, 3.63) is 66.4 Å². The monoisotopic (exact) mass is 425 g/mol. The zero-order valence-electron chi connectivity index (χ0n) is 16.6. The number of nitrogens with one attached hydrogen (secondary N) is 1. The van der Waals surface area contributed by atoms with E-state index in [1.165, 1.54) is 6.07 Å². The minimum absolute atomic E-state index is 0.0983. The number of rotatable bonds is 4. The van der Waals surface area contributed by atoms with Crippen LogP contribution in [0.5, 0.6) is 0 Å². The molecule has 0 radical (unpaired) electrons. The summed E-state index contributed by atoms with van der Waals surface area (Å²) in [5.41, 5.74) is 0.516. The Morgan fingerprint density at radius 2 is 1.73 bits per heavy atom. The third-order valence-electron chi connectivity index (χ3n) is 5.40. The first-order valence-corrected chi connectivity index (χ1v) is 11.2. The van der Waals surface area contributed by atoms with Gasteiger partial charge < -0.3 is 10.0 Å². The fraction of sp³-hybridized carbons (Fsp3) is 0.273. The maximum Gasteiger partial charge on any atom is 0.264 e. The fourth-order valence-corrected chi connectivity index (χ4v) is 4.80. The summed E-state index contributed by atoms with van der Waals surface area (Å²) in [4.78, 5) is 18.7. The first-order valence-electron chi connectivity index (χ1n) is 9.74. The molecule has 156 valence electrons. The average molecular weight is 426 g/mol. The standard InChI is InChI=1S/C22H23N3O4S/c1-22(27)11-14-25(15-12-22)21(26)17-7-9-18(10-8-17)24-30(28,29)19-6-2-4-16-5-3-13-23-20(16)19/h2-10,13,24,27H,11-12,14-15H2,1H3. The summed E-state index contributed by atoms with van der Waals surface area (Å²) in [6.45, 7) is 2.77. The number of piperidine rings is 1. The quantitative estimate of drug-likeness (QED) is 0.669. The molecule has 0 unspecified atom stereocenters. The van der Waals surface area contributed by atoms with Gasteiger partial charge in [-0.3, -0.25) is 14.5 Å². The number of sulfonamides is 1. The first-order chi connectivity index (χ1) is 14.3. The summed E-state index contributed by atoms with van der Waals surface area (Å²) in [6, 6.07) is 14.9. The number of para-hydroxylation sites is 1. The number of aromatic nitrogens is 1. The molecule has 0 aliphatic carbocycles. The Labute approximate surface area is 175 Å². The molecule has 2 N–H and O–H groups in total. The van der Waals surface area contributed by atoms with Gasteiger partial charge >= 0.3 is 0 Å². The second kappa shape index (κ2) is 7.70. The van der Waals surface area contributed by atoms with Crippen molar-refractivity contribution in [1.29, 1.82) is 0 Å². The van der Waals surface area contributed by atoms with E-state index in [0.29, 0.717) is 42.7 Å². The highest BCUT2D eigenvalue weighted by atomic mass is 32.2. The van der Waals surface area contributed by atoms with Crippen LogP contribution < -0.4 is 4.72 Å². The molecule has 0 saturated carbocycles. The number of fused-ring (bicyclic) bond motifs is 1. The van der Waals surface area contributed by atoms with Gasteiger partial charge in [-0.2, -0.15) is 0 Å². The number of anilines is 1. The summed E-state index contributed by atoms with van der Waals surface area (Å²) in [6.07, 6.45) is 2.63. The molecule has 8 heteroatoms. The van der Waals surface area contributed by atoms with E-state index in [1.54, 1.807) is 54.4 Å². The van der Waals surface area contributed by atoms with E-state index in [0.717, 1.165) is 5.39 Å². The largest absolute Gasteiger partial charge is 0.390 e. The van der Waals surface area contributed by atoms with Crippen LogP contribution in [0.3, 0.4) is 0 Å². The van der Waals surface area contributed by atoms with E-state index in [-0.39, 0.29) is 10.8 Å². The van der Waals surface area contributed by atoms with Crippen LogP contribution in [0.4, 0.5) is 5.69 Å². The Balaban J connectivity index is 1.51. The van der Waals surface area contributed by atoms with Crippen molar-refractivity contribution in [2.75, 3.05) is 17.8 Å². The third-order valence-corrected chi connectivity index (χ3v) is 6.81. The molecule has 30 heavy (non-hydrogen) atoms. The highest BCUT2D eigenvalue weighted by Gasteiger charge is 2.30. The number of benzene rings is 2. The maximum atomic E-state index is 12.9. The number of hydrogen-bond donors (Lipinski definition) is 2. The zero-order valence-corrected chi connectivity index (χ0v) is 17.4. The van der Waals surface area contributed by atoms with E-state index < -0.39 is 15.6 Å². The van der Waals surface area contributed by atoms with Crippen LogP contribution in [0.15, 0.2) is 65.7 Å². The molecule has 1 aliphatic rings. The summed E-state index contributed by atoms with van der Waals surface area (Å²) in [5, 5.41) is 10.8. The van der Waals surface area contributed by atoms with E-state index in [9.17, 15) is 18.3 Å². The molecular formula is C22H23N3O4S. The number of carbonyl (C=O) groups excluding carboxylic acids is 1. The number of carbonyl (C=O) groups is 1. The van der Waals surface area contributed by atoms with Crippen molar-refractivity contribution in [2.45, 2.75) is 30.3 Å². The molecule has 2 aromatic carbocycles. The lowest BCUT2D eigenvalue weighted by atomic mass is 9.93. The Kier molecular flexibility index (Phi) is 5.21. The van der Waals surface area contributed by atoms with Crippen LogP contribution in [0.1, 0.15) is 30.1 Å². The van der Waals surface area contributed by atoms with Crippen molar-refractivity contribution >= 4 is 32.5 Å². The van der Waals surface area contributed by atoms with Crippen molar-refractivity contribution in [3.63, 3.8) is 0 Å². The predicted molar refractivity (Wildman–Crippen MR) is 115 cm³/mol. The molecular weight excluding hydrogens is 402 g/mol. The van der Waals surface area contributed by atoms with E-state index in [2.05, 4.69) is 9.71 Å². The number of aliphatic hydroxyl groups is 1. The van der Waals surface area contributed by atoms with E-state index in [1.807, 2.05) is 12.1 Å². The highest BCUT2D eigenvalue weighted by Crippen LogP contribution is 2.25. The lowest BCUT2D eigenvalue weighted by Gasteiger charge is -2.35. The van der Waals surface area contributed by atoms with Gasteiger partial charge in [-0.25, -0.2) is 8.42 Å². The van der Waals surface area contributed by atoms with Gasteiger partial charge in [-0.1, -0.05) is 18.2 Å². The third kappa shape index (κ3) is 4.15. The van der Waals surface area contributed by atoms with Gasteiger partial charge in [0.25, 0.3) is 15.9 Å². The molecule has 1 saturated heterocycles. The van der Waals surface area contributed by atoms with Gasteiger partial charge in [0.2, 0.25) is 0 Å². The minimum atomic E-state index is -3.84. The SMILES string of the molecule is CC1(O)CCN(C(=O)c2ccc(NS(=O)(=O)c3cccc4cccnc34)cc2)CC1. The van der Waals surface area contributed by atoms with Crippen LogP contribution in [0.25, 0.3) is 10.9 Å². The molecule has 7 nitrogen and oxygen atoms in total. The molecule has 1 fully saturated rings. The van der Waals surface area contributed by atoms with Crippen LogP contribution >= 0.6 is 0 Å². The molecule has 4 rings (SSSR count). The normalized spacial score (nSPS) is 16.4. The highest BCUT2D eigenvalue weighted by molar-refractivity contribution is 7.93. The van der Waals surface area contributed by atoms with Gasteiger partial charge in [0.15, 0.2) is 0 Å². The molecule has 0 bridgehead atoms. The second-order valence-corrected chi connectivity index (χ2v) is 9.45. The van der Waals surface area contributed by atoms with E-state index >= 15 is 0 Å². The maximum absolute atomic E-state index is 12.9. The Hall–Kier alpha value is -2.97. The summed E-state index contributed by atoms with van der Waals surface area (Å²) < 4.78 is 28.3. The molecule has 0 spiro atoms. The molecule has 1 amide bonds. The molecule has 1 aliphatic heterocycles. The Morgan fingerprint density at radius 3 is 2.43 bits per heavy atom. The fourth-order valence-electron chi connectivity index (χ4n) is 3.56. The molecule has 2 heterocycles. The summed E-state index contributed by atoms with van der Waals surface area (Å²) in [5.74, 6) is -0.127. The van der Waals surface area contributed by atoms with Gasteiger partial charge in [-0.05, 0) is 56.2 Å². The van der Waals surface area contributed by atoms with Gasteiger partial charge in [-0.15, -0.1) is 0 Å². The lowest BCUT2D eigenvalue weighted by molar-refractivity contribution is -0.00202. The van der Waals surface area contributed by atoms with Crippen LogP contribution in [0, 0.1) is 0 Å². The number of likely N-dealkylation sites (tertiary alicyclic amines) is 1. The topological polar surface area (TPSA) is 99.6 Å². The van der Waals surface area contributed by atoms with E-state index in [4.69, 9.17) is 0 Å². The lowest BCUT2D eigenvalue weighted by Crippen LogP contribution is -2.45. The first kappa shape index (κ1) is 20.3. The van der Waals surface area contributed by atoms with Crippen molar-refractivity contribution in [1.82, 2.24) is 9.88 Å². The minimum Gasteiger partial charge on any atom is -0.390 e. The van der Waals surface area contributed by atoms with Crippen LogP contribution in [-0.4, -0.2) is 48.0 Å². The average Bonchev–Trinajstić information content (AvgIpc) is 2.73. The number of amides is 1. The molecule has 3 aromatic rings.